The van der Waals surface area contributed by atoms with Crippen molar-refractivity contribution >= 4 is 39.1 Å². The molecule has 0 aliphatic heterocycles. The average molecular weight is 462 g/mol. The van der Waals surface area contributed by atoms with Crippen LogP contribution in [-0.4, -0.2) is 28.0 Å². The highest BCUT2D eigenvalue weighted by Crippen LogP contribution is 2.27. The van der Waals surface area contributed by atoms with Gasteiger partial charge in [0.25, 0.3) is 11.5 Å². The summed E-state index contributed by atoms with van der Waals surface area (Å²) in [5.74, 6) is -0.659. The van der Waals surface area contributed by atoms with E-state index in [1.54, 1.807) is 37.3 Å². The number of nitrogens with zero attached hydrogens (tertiary/aromatic N) is 2. The topological polar surface area (TPSA) is 90.3 Å². The second-order valence-electron chi connectivity index (χ2n) is 7.57. The fourth-order valence-electron chi connectivity index (χ4n) is 3.47. The summed E-state index contributed by atoms with van der Waals surface area (Å²) in [6, 6.07) is 16.2. The average Bonchev–Trinajstić information content (AvgIpc) is 3.17. The zero-order valence-corrected chi connectivity index (χ0v) is 19.1. The highest BCUT2D eigenvalue weighted by molar-refractivity contribution is 7.20. The third-order valence-corrected chi connectivity index (χ3v) is 6.31. The fraction of sp³-hybridized carbons (Fsp3) is 0.200. The number of thiophene rings is 1. The summed E-state index contributed by atoms with van der Waals surface area (Å²) in [5.41, 5.74) is 2.27. The molecule has 0 radical (unpaired) electrons. The van der Waals surface area contributed by atoms with E-state index in [1.165, 1.54) is 22.2 Å². The standard InChI is InChI=1S/C25H23N3O4S/c1-3-12-32-25(31)18-9-7-8-17(13-18)14-28-15-26-23-20(24(28)30)16(2)21(33-23)22(29)27-19-10-5-4-6-11-19/h4-11,13,15H,3,12,14H2,1-2H3,(H,27,29). The number of anilines is 1. The largest absolute Gasteiger partial charge is 0.462 e. The maximum absolute atomic E-state index is 13.2. The van der Waals surface area contributed by atoms with Crippen LogP contribution in [-0.2, 0) is 11.3 Å². The lowest BCUT2D eigenvalue weighted by Gasteiger charge is -2.08. The molecule has 0 spiro atoms. The van der Waals surface area contributed by atoms with Crippen LogP contribution in [0, 0.1) is 6.92 Å². The van der Waals surface area contributed by atoms with Crippen LogP contribution in [0.2, 0.25) is 0 Å². The Labute approximate surface area is 194 Å². The van der Waals surface area contributed by atoms with Gasteiger partial charge in [0.2, 0.25) is 0 Å². The van der Waals surface area contributed by atoms with Gasteiger partial charge in [-0.05, 0) is 48.7 Å². The fourth-order valence-corrected chi connectivity index (χ4v) is 4.50. The number of hydrogen-bond donors (Lipinski definition) is 1. The Kier molecular flexibility index (Phi) is 6.65. The van der Waals surface area contributed by atoms with E-state index in [9.17, 15) is 14.4 Å². The van der Waals surface area contributed by atoms with E-state index in [0.717, 1.165) is 12.0 Å². The summed E-state index contributed by atoms with van der Waals surface area (Å²) in [5, 5.41) is 3.29. The minimum atomic E-state index is -0.387. The molecule has 4 rings (SSSR count). The summed E-state index contributed by atoms with van der Waals surface area (Å²) < 4.78 is 6.67. The van der Waals surface area contributed by atoms with Gasteiger partial charge in [-0.2, -0.15) is 0 Å². The number of aromatic nitrogens is 2. The van der Waals surface area contributed by atoms with E-state index < -0.39 is 0 Å². The lowest BCUT2D eigenvalue weighted by Crippen LogP contribution is -2.21. The maximum atomic E-state index is 13.2. The normalized spacial score (nSPS) is 10.8. The van der Waals surface area contributed by atoms with Crippen molar-refractivity contribution in [1.82, 2.24) is 9.55 Å². The molecule has 2 aromatic heterocycles. The molecule has 168 valence electrons. The zero-order chi connectivity index (χ0) is 23.4. The number of amides is 1. The molecule has 0 atom stereocenters. The summed E-state index contributed by atoms with van der Waals surface area (Å²) in [6.07, 6.45) is 2.22. The van der Waals surface area contributed by atoms with Crippen LogP contribution in [0.25, 0.3) is 10.2 Å². The van der Waals surface area contributed by atoms with Gasteiger partial charge in [0.1, 0.15) is 4.83 Å². The molecule has 0 saturated carbocycles. The van der Waals surface area contributed by atoms with Gasteiger partial charge in [-0.3, -0.25) is 14.2 Å². The van der Waals surface area contributed by atoms with Crippen molar-refractivity contribution in [2.45, 2.75) is 26.8 Å². The Hall–Kier alpha value is -3.78. The number of para-hydroxylation sites is 1. The molecule has 1 amide bonds. The number of ether oxygens (including phenoxy) is 1. The lowest BCUT2D eigenvalue weighted by molar-refractivity contribution is 0.0505. The monoisotopic (exact) mass is 461 g/mol. The molecular formula is C25H23N3O4S. The molecular weight excluding hydrogens is 438 g/mol. The van der Waals surface area contributed by atoms with Crippen molar-refractivity contribution in [2.75, 3.05) is 11.9 Å². The van der Waals surface area contributed by atoms with Gasteiger partial charge in [0, 0.05) is 5.69 Å². The first-order valence-electron chi connectivity index (χ1n) is 10.6. The molecule has 0 aliphatic carbocycles. The SMILES string of the molecule is CCCOC(=O)c1cccc(Cn2cnc3sc(C(=O)Nc4ccccc4)c(C)c3c2=O)c1. The van der Waals surface area contributed by atoms with Crippen molar-refractivity contribution < 1.29 is 14.3 Å². The summed E-state index contributed by atoms with van der Waals surface area (Å²) in [7, 11) is 0. The number of nitrogens with one attached hydrogen (secondary N) is 1. The second-order valence-corrected chi connectivity index (χ2v) is 8.57. The van der Waals surface area contributed by atoms with Crippen LogP contribution in [0.4, 0.5) is 5.69 Å². The van der Waals surface area contributed by atoms with Crippen molar-refractivity contribution in [3.63, 3.8) is 0 Å². The van der Waals surface area contributed by atoms with E-state index >= 15 is 0 Å². The Morgan fingerprint density at radius 1 is 1.12 bits per heavy atom. The van der Waals surface area contributed by atoms with Crippen molar-refractivity contribution in [2.24, 2.45) is 0 Å². The number of aryl methyl sites for hydroxylation is 1. The molecule has 1 N–H and O–H groups in total. The highest BCUT2D eigenvalue weighted by Gasteiger charge is 2.20. The molecule has 0 aliphatic rings. The number of benzene rings is 2. The molecule has 0 unspecified atom stereocenters. The molecule has 0 saturated heterocycles. The number of carbonyl (C=O) groups is 2. The predicted molar refractivity (Wildman–Crippen MR) is 129 cm³/mol. The van der Waals surface area contributed by atoms with E-state index in [2.05, 4.69) is 10.3 Å². The van der Waals surface area contributed by atoms with Gasteiger partial charge in [-0.1, -0.05) is 37.3 Å². The number of fused-ring (bicyclic) bond motifs is 1. The molecule has 33 heavy (non-hydrogen) atoms. The molecule has 8 heteroatoms. The first kappa shape index (κ1) is 22.4. The van der Waals surface area contributed by atoms with Crippen LogP contribution in [0.3, 0.4) is 0 Å². The smallest absolute Gasteiger partial charge is 0.338 e. The van der Waals surface area contributed by atoms with E-state index in [1.807, 2.05) is 31.2 Å². The Bertz CT molecular complexity index is 1380. The van der Waals surface area contributed by atoms with E-state index in [-0.39, 0.29) is 24.0 Å². The highest BCUT2D eigenvalue weighted by atomic mass is 32.1. The van der Waals surface area contributed by atoms with Crippen molar-refractivity contribution in [1.29, 1.82) is 0 Å². The summed E-state index contributed by atoms with van der Waals surface area (Å²) in [6.45, 7) is 4.30. The van der Waals surface area contributed by atoms with Crippen LogP contribution in [0.5, 0.6) is 0 Å². The third-order valence-electron chi connectivity index (χ3n) is 5.11. The quantitative estimate of drug-likeness (QED) is 0.405. The first-order chi connectivity index (χ1) is 16.0. The Balaban J connectivity index is 1.61. The van der Waals surface area contributed by atoms with Crippen LogP contribution < -0.4 is 10.9 Å². The molecule has 7 nitrogen and oxygen atoms in total. The molecule has 2 heterocycles. The van der Waals surface area contributed by atoms with Crippen molar-refractivity contribution in [3.8, 4) is 0 Å². The maximum Gasteiger partial charge on any atom is 0.338 e. The van der Waals surface area contributed by atoms with Gasteiger partial charge >= 0.3 is 5.97 Å². The number of hydrogen-bond acceptors (Lipinski definition) is 6. The Morgan fingerprint density at radius 2 is 1.91 bits per heavy atom. The van der Waals surface area contributed by atoms with Crippen LogP contribution in [0.1, 0.15) is 44.5 Å². The van der Waals surface area contributed by atoms with Gasteiger partial charge in [-0.15, -0.1) is 11.3 Å². The minimum absolute atomic E-state index is 0.230. The van der Waals surface area contributed by atoms with Gasteiger partial charge in [-0.25, -0.2) is 9.78 Å². The first-order valence-corrected chi connectivity index (χ1v) is 11.4. The van der Waals surface area contributed by atoms with E-state index in [4.69, 9.17) is 4.74 Å². The predicted octanol–water partition coefficient (Wildman–Crippen LogP) is 4.63. The van der Waals surface area contributed by atoms with Crippen molar-refractivity contribution in [3.05, 3.63) is 92.8 Å². The molecule has 0 bridgehead atoms. The molecule has 0 fully saturated rings. The third kappa shape index (κ3) is 4.85. The summed E-state index contributed by atoms with van der Waals surface area (Å²) >= 11 is 1.20. The van der Waals surface area contributed by atoms with Gasteiger partial charge < -0.3 is 10.1 Å². The zero-order valence-electron chi connectivity index (χ0n) is 18.3. The lowest BCUT2D eigenvalue weighted by atomic mass is 10.1. The Morgan fingerprint density at radius 3 is 2.67 bits per heavy atom. The van der Waals surface area contributed by atoms with E-state index in [0.29, 0.717) is 38.5 Å². The number of esters is 1. The van der Waals surface area contributed by atoms with Crippen LogP contribution in [0.15, 0.2) is 65.7 Å². The summed E-state index contributed by atoms with van der Waals surface area (Å²) in [4.78, 5) is 43.5. The molecule has 4 aromatic rings. The van der Waals surface area contributed by atoms with Crippen LogP contribution >= 0.6 is 11.3 Å². The minimum Gasteiger partial charge on any atom is -0.462 e. The molecule has 2 aromatic carbocycles. The second kappa shape index (κ2) is 9.79. The number of carbonyl (C=O) groups excluding carboxylic acids is 2. The van der Waals surface area contributed by atoms with Gasteiger partial charge in [0.05, 0.1) is 35.3 Å². The number of rotatable bonds is 7. The van der Waals surface area contributed by atoms with Gasteiger partial charge in [0.15, 0.2) is 0 Å².